The van der Waals surface area contributed by atoms with E-state index in [2.05, 4.69) is 15.4 Å². The number of aliphatic hydroxyl groups excluding tert-OH is 1. The van der Waals surface area contributed by atoms with Crippen molar-refractivity contribution in [3.05, 3.63) is 12.7 Å². The van der Waals surface area contributed by atoms with Gasteiger partial charge in [-0.3, -0.25) is 4.68 Å². The van der Waals surface area contributed by atoms with Gasteiger partial charge in [0.15, 0.2) is 0 Å². The molecule has 0 aromatic carbocycles. The van der Waals surface area contributed by atoms with E-state index in [1.807, 2.05) is 6.92 Å². The predicted molar refractivity (Wildman–Crippen MR) is 69.4 cm³/mol. The lowest BCUT2D eigenvalue weighted by Crippen LogP contribution is -2.46. The zero-order chi connectivity index (χ0) is 13.8. The maximum absolute atomic E-state index is 11.9. The van der Waals surface area contributed by atoms with Crippen molar-refractivity contribution in [3.8, 4) is 0 Å². The van der Waals surface area contributed by atoms with E-state index in [1.54, 1.807) is 18.1 Å². The highest BCUT2D eigenvalue weighted by Gasteiger charge is 2.31. The average molecular weight is 267 g/mol. The van der Waals surface area contributed by atoms with Crippen LogP contribution in [0.25, 0.3) is 0 Å². The number of hydrogen-bond donors (Lipinski definition) is 2. The fourth-order valence-corrected chi connectivity index (χ4v) is 1.97. The first-order chi connectivity index (χ1) is 9.06. The van der Waals surface area contributed by atoms with Crippen molar-refractivity contribution in [1.29, 1.82) is 0 Å². The highest BCUT2D eigenvalue weighted by Crippen LogP contribution is 2.32. The summed E-state index contributed by atoms with van der Waals surface area (Å²) in [6, 6.07) is -0.220. The number of likely N-dealkylation sites (N-methyl/N-ethyl adjacent to an activating group) is 1. The van der Waals surface area contributed by atoms with E-state index in [-0.39, 0.29) is 12.1 Å². The minimum absolute atomic E-state index is 0.0466. The van der Waals surface area contributed by atoms with Gasteiger partial charge in [0.2, 0.25) is 0 Å². The second-order valence-corrected chi connectivity index (χ2v) is 5.25. The molecule has 2 unspecified atom stereocenters. The summed E-state index contributed by atoms with van der Waals surface area (Å²) in [6.07, 6.45) is 4.82. The van der Waals surface area contributed by atoms with Crippen molar-refractivity contribution in [1.82, 2.24) is 25.0 Å². The van der Waals surface area contributed by atoms with Gasteiger partial charge in [-0.25, -0.2) is 9.78 Å². The molecular weight excluding hydrogens is 246 g/mol. The van der Waals surface area contributed by atoms with Gasteiger partial charge in [-0.15, -0.1) is 0 Å². The van der Waals surface area contributed by atoms with Crippen molar-refractivity contribution in [2.75, 3.05) is 13.6 Å². The second kappa shape index (κ2) is 6.01. The lowest BCUT2D eigenvalue weighted by molar-refractivity contribution is 0.112. The molecule has 0 bridgehead atoms. The molecule has 1 saturated carbocycles. The topological polar surface area (TPSA) is 83.3 Å². The molecule has 0 spiro atoms. The summed E-state index contributed by atoms with van der Waals surface area (Å²) in [7, 11) is 1.70. The Balaban J connectivity index is 1.72. The van der Waals surface area contributed by atoms with Crippen molar-refractivity contribution in [2.45, 2.75) is 38.5 Å². The van der Waals surface area contributed by atoms with Gasteiger partial charge in [-0.05, 0) is 25.7 Å². The van der Waals surface area contributed by atoms with Crippen LogP contribution in [-0.4, -0.2) is 56.5 Å². The van der Waals surface area contributed by atoms with E-state index in [4.69, 9.17) is 0 Å². The maximum Gasteiger partial charge on any atom is 0.317 e. The third-order valence-electron chi connectivity index (χ3n) is 3.27. The summed E-state index contributed by atoms with van der Waals surface area (Å²) in [5, 5.41) is 16.7. The maximum atomic E-state index is 11.9. The number of aromatic nitrogens is 3. The van der Waals surface area contributed by atoms with Crippen molar-refractivity contribution < 1.29 is 9.90 Å². The quantitative estimate of drug-likeness (QED) is 0.764. The Morgan fingerprint density at radius 3 is 2.95 bits per heavy atom. The Hall–Kier alpha value is -1.63. The monoisotopic (exact) mass is 267 g/mol. The number of urea groups is 1. The molecule has 2 amide bonds. The lowest BCUT2D eigenvalue weighted by Gasteiger charge is -2.23. The molecule has 0 saturated heterocycles. The van der Waals surface area contributed by atoms with Gasteiger partial charge in [0.1, 0.15) is 12.7 Å². The van der Waals surface area contributed by atoms with E-state index in [0.29, 0.717) is 19.0 Å². The first kappa shape index (κ1) is 13.8. The molecule has 1 fully saturated rings. The lowest BCUT2D eigenvalue weighted by atomic mass is 10.2. The number of hydrogen-bond acceptors (Lipinski definition) is 4. The van der Waals surface area contributed by atoms with Crippen LogP contribution < -0.4 is 5.32 Å². The fourth-order valence-electron chi connectivity index (χ4n) is 1.97. The standard InChI is InChI=1S/C12H21N5O2/c1-9(5-17-8-13-7-14-17)15-12(19)16(2)6-11(18)10-3-4-10/h7-11,18H,3-6H2,1-2H3,(H,15,19). The number of nitrogens with one attached hydrogen (secondary N) is 1. The average Bonchev–Trinajstić information content (AvgIpc) is 3.09. The summed E-state index contributed by atoms with van der Waals surface area (Å²) < 4.78 is 1.67. The molecule has 1 aliphatic carbocycles. The Kier molecular flexibility index (Phi) is 4.36. The van der Waals surface area contributed by atoms with Crippen molar-refractivity contribution in [2.24, 2.45) is 5.92 Å². The SMILES string of the molecule is CC(Cn1cncn1)NC(=O)N(C)CC(O)C1CC1. The van der Waals surface area contributed by atoms with Crippen LogP contribution in [0.5, 0.6) is 0 Å². The highest BCUT2D eigenvalue weighted by molar-refractivity contribution is 5.74. The van der Waals surface area contributed by atoms with Gasteiger partial charge in [-0.2, -0.15) is 5.10 Å². The zero-order valence-corrected chi connectivity index (χ0v) is 11.4. The first-order valence-electron chi connectivity index (χ1n) is 6.58. The zero-order valence-electron chi connectivity index (χ0n) is 11.4. The van der Waals surface area contributed by atoms with Crippen LogP contribution in [0.2, 0.25) is 0 Å². The molecule has 1 aliphatic rings. The summed E-state index contributed by atoms with van der Waals surface area (Å²) in [4.78, 5) is 17.3. The van der Waals surface area contributed by atoms with Gasteiger partial charge >= 0.3 is 6.03 Å². The Bertz CT molecular complexity index is 404. The molecular formula is C12H21N5O2. The molecule has 1 aromatic rings. The van der Waals surface area contributed by atoms with Gasteiger partial charge in [0, 0.05) is 19.6 Å². The smallest absolute Gasteiger partial charge is 0.317 e. The Labute approximate surface area is 112 Å². The molecule has 2 N–H and O–H groups in total. The number of rotatable bonds is 6. The van der Waals surface area contributed by atoms with E-state index < -0.39 is 6.10 Å². The molecule has 2 rings (SSSR count). The Morgan fingerprint density at radius 1 is 1.63 bits per heavy atom. The van der Waals surface area contributed by atoms with Crippen LogP contribution >= 0.6 is 0 Å². The number of carbonyl (C=O) groups excluding carboxylic acids is 1. The van der Waals surface area contributed by atoms with Crippen LogP contribution in [0.3, 0.4) is 0 Å². The third kappa shape index (κ3) is 4.20. The normalized spacial score (nSPS) is 17.8. The van der Waals surface area contributed by atoms with Crippen LogP contribution in [0.1, 0.15) is 19.8 Å². The predicted octanol–water partition coefficient (Wildman–Crippen LogP) is 0.0789. The fraction of sp³-hybridized carbons (Fsp3) is 0.750. The number of aliphatic hydroxyl groups is 1. The number of carbonyl (C=O) groups is 1. The van der Waals surface area contributed by atoms with Crippen LogP contribution in [-0.2, 0) is 6.54 Å². The molecule has 1 aromatic heterocycles. The van der Waals surface area contributed by atoms with E-state index in [9.17, 15) is 9.90 Å². The molecule has 2 atom stereocenters. The van der Waals surface area contributed by atoms with E-state index in [0.717, 1.165) is 12.8 Å². The number of nitrogens with zero attached hydrogens (tertiary/aromatic N) is 4. The van der Waals surface area contributed by atoms with Crippen LogP contribution in [0, 0.1) is 5.92 Å². The summed E-state index contributed by atoms with van der Waals surface area (Å²) >= 11 is 0. The summed E-state index contributed by atoms with van der Waals surface area (Å²) in [6.45, 7) is 2.86. The highest BCUT2D eigenvalue weighted by atomic mass is 16.3. The summed E-state index contributed by atoms with van der Waals surface area (Å²) in [5.74, 6) is 0.378. The third-order valence-corrected chi connectivity index (χ3v) is 3.27. The minimum Gasteiger partial charge on any atom is -0.391 e. The number of amides is 2. The first-order valence-corrected chi connectivity index (χ1v) is 6.58. The molecule has 0 aliphatic heterocycles. The van der Waals surface area contributed by atoms with Crippen molar-refractivity contribution >= 4 is 6.03 Å². The van der Waals surface area contributed by atoms with Crippen molar-refractivity contribution in [3.63, 3.8) is 0 Å². The van der Waals surface area contributed by atoms with E-state index >= 15 is 0 Å². The Morgan fingerprint density at radius 2 is 2.37 bits per heavy atom. The second-order valence-electron chi connectivity index (χ2n) is 5.25. The van der Waals surface area contributed by atoms with Gasteiger partial charge in [0.05, 0.1) is 12.6 Å². The molecule has 7 heteroatoms. The molecule has 19 heavy (non-hydrogen) atoms. The van der Waals surface area contributed by atoms with Crippen LogP contribution in [0.4, 0.5) is 4.79 Å². The van der Waals surface area contributed by atoms with Gasteiger partial charge in [-0.1, -0.05) is 0 Å². The van der Waals surface area contributed by atoms with Gasteiger partial charge in [0.25, 0.3) is 0 Å². The minimum atomic E-state index is -0.402. The molecule has 7 nitrogen and oxygen atoms in total. The van der Waals surface area contributed by atoms with Gasteiger partial charge < -0.3 is 15.3 Å². The molecule has 106 valence electrons. The largest absolute Gasteiger partial charge is 0.391 e. The van der Waals surface area contributed by atoms with Crippen LogP contribution in [0.15, 0.2) is 12.7 Å². The molecule has 1 heterocycles. The molecule has 0 radical (unpaired) electrons. The van der Waals surface area contributed by atoms with E-state index in [1.165, 1.54) is 11.2 Å². The summed E-state index contributed by atoms with van der Waals surface area (Å²) in [5.41, 5.74) is 0.